The number of aromatic nitrogens is 2. The van der Waals surface area contributed by atoms with Crippen molar-refractivity contribution in [3.05, 3.63) is 18.2 Å². The lowest BCUT2D eigenvalue weighted by atomic mass is 10.1. The molecule has 1 amide bonds. The second kappa shape index (κ2) is 9.50. The quantitative estimate of drug-likeness (QED) is 0.622. The second-order valence-electron chi connectivity index (χ2n) is 5.17. The van der Waals surface area contributed by atoms with Crippen LogP contribution in [0.3, 0.4) is 0 Å². The van der Waals surface area contributed by atoms with Crippen LogP contribution in [0.25, 0.3) is 0 Å². The van der Waals surface area contributed by atoms with Gasteiger partial charge in [-0.25, -0.2) is 4.98 Å². The zero-order valence-electron chi connectivity index (χ0n) is 12.7. The van der Waals surface area contributed by atoms with Crippen molar-refractivity contribution in [3.63, 3.8) is 0 Å². The Kier molecular flexibility index (Phi) is 7.91. The number of carbonyl (C=O) groups excluding carboxylic acids is 1. The van der Waals surface area contributed by atoms with Crippen molar-refractivity contribution >= 4 is 5.91 Å². The van der Waals surface area contributed by atoms with E-state index in [1.165, 1.54) is 0 Å². The standard InChI is InChI=1S/C14H26N4O2/c1-12(2)4-5-17-14(19)11-18-8-6-16-13(18)10-15-7-9-20-3/h6,8,12,15H,4-5,7,9-11H2,1-3H3,(H,17,19). The molecule has 2 N–H and O–H groups in total. The highest BCUT2D eigenvalue weighted by molar-refractivity contribution is 5.75. The summed E-state index contributed by atoms with van der Waals surface area (Å²) in [6.07, 6.45) is 4.55. The van der Waals surface area contributed by atoms with E-state index in [9.17, 15) is 4.79 Å². The van der Waals surface area contributed by atoms with Gasteiger partial charge in [-0.05, 0) is 12.3 Å². The van der Waals surface area contributed by atoms with Crippen molar-refractivity contribution in [1.29, 1.82) is 0 Å². The van der Waals surface area contributed by atoms with Crippen molar-refractivity contribution in [2.24, 2.45) is 5.92 Å². The molecule has 0 unspecified atom stereocenters. The average Bonchev–Trinajstić information content (AvgIpc) is 2.81. The van der Waals surface area contributed by atoms with E-state index in [4.69, 9.17) is 4.74 Å². The van der Waals surface area contributed by atoms with E-state index in [0.29, 0.717) is 25.6 Å². The maximum absolute atomic E-state index is 11.8. The summed E-state index contributed by atoms with van der Waals surface area (Å²) >= 11 is 0. The molecule has 0 aliphatic rings. The first-order chi connectivity index (χ1) is 9.63. The van der Waals surface area contributed by atoms with Crippen LogP contribution in [0.15, 0.2) is 12.4 Å². The first-order valence-corrected chi connectivity index (χ1v) is 7.09. The fraction of sp³-hybridized carbons (Fsp3) is 0.714. The third kappa shape index (κ3) is 6.68. The predicted molar refractivity (Wildman–Crippen MR) is 78.3 cm³/mol. The van der Waals surface area contributed by atoms with Gasteiger partial charge >= 0.3 is 0 Å². The van der Waals surface area contributed by atoms with Crippen LogP contribution in [0.1, 0.15) is 26.1 Å². The molecule has 0 bridgehead atoms. The minimum Gasteiger partial charge on any atom is -0.383 e. The van der Waals surface area contributed by atoms with Crippen molar-refractivity contribution in [2.45, 2.75) is 33.4 Å². The number of hydrogen-bond donors (Lipinski definition) is 2. The van der Waals surface area contributed by atoms with E-state index in [1.54, 1.807) is 13.3 Å². The van der Waals surface area contributed by atoms with Crippen LogP contribution in [0.2, 0.25) is 0 Å². The van der Waals surface area contributed by atoms with Gasteiger partial charge in [0.2, 0.25) is 5.91 Å². The SMILES string of the molecule is COCCNCc1nccn1CC(=O)NCCC(C)C. The normalized spacial score (nSPS) is 11.0. The van der Waals surface area contributed by atoms with Crippen molar-refractivity contribution in [1.82, 2.24) is 20.2 Å². The summed E-state index contributed by atoms with van der Waals surface area (Å²) in [6, 6.07) is 0. The molecule has 0 atom stereocenters. The van der Waals surface area contributed by atoms with E-state index in [1.807, 2.05) is 10.8 Å². The number of rotatable bonds is 10. The monoisotopic (exact) mass is 282 g/mol. The molecule has 0 fully saturated rings. The molecule has 1 rings (SSSR count). The summed E-state index contributed by atoms with van der Waals surface area (Å²) in [7, 11) is 1.67. The number of carbonyl (C=O) groups is 1. The zero-order chi connectivity index (χ0) is 14.8. The van der Waals surface area contributed by atoms with Crippen molar-refractivity contribution in [3.8, 4) is 0 Å². The molecule has 0 radical (unpaired) electrons. The van der Waals surface area contributed by atoms with Gasteiger partial charge in [-0.2, -0.15) is 0 Å². The van der Waals surface area contributed by atoms with E-state index in [0.717, 1.165) is 25.3 Å². The lowest BCUT2D eigenvalue weighted by Crippen LogP contribution is -2.30. The van der Waals surface area contributed by atoms with Gasteiger partial charge in [0, 0.05) is 32.6 Å². The summed E-state index contributed by atoms with van der Waals surface area (Å²) in [5.74, 6) is 1.49. The number of methoxy groups -OCH3 is 1. The molecule has 1 aromatic rings. The largest absolute Gasteiger partial charge is 0.383 e. The lowest BCUT2D eigenvalue weighted by molar-refractivity contribution is -0.121. The van der Waals surface area contributed by atoms with E-state index < -0.39 is 0 Å². The number of ether oxygens (including phenoxy) is 1. The molecular formula is C14H26N4O2. The molecule has 6 heteroatoms. The Labute approximate surface area is 120 Å². The van der Waals surface area contributed by atoms with Crippen LogP contribution >= 0.6 is 0 Å². The van der Waals surface area contributed by atoms with Gasteiger partial charge in [0.25, 0.3) is 0 Å². The molecule has 0 aromatic carbocycles. The minimum absolute atomic E-state index is 0.0294. The van der Waals surface area contributed by atoms with Gasteiger partial charge in [-0.1, -0.05) is 13.8 Å². The average molecular weight is 282 g/mol. The Morgan fingerprint density at radius 3 is 2.95 bits per heavy atom. The van der Waals surface area contributed by atoms with Gasteiger partial charge in [-0.15, -0.1) is 0 Å². The number of nitrogens with one attached hydrogen (secondary N) is 2. The number of imidazole rings is 1. The topological polar surface area (TPSA) is 68.2 Å². The minimum atomic E-state index is 0.0294. The molecule has 6 nitrogen and oxygen atoms in total. The number of nitrogens with zero attached hydrogens (tertiary/aromatic N) is 2. The molecule has 0 saturated heterocycles. The van der Waals surface area contributed by atoms with E-state index in [2.05, 4.69) is 29.5 Å². The molecular weight excluding hydrogens is 256 g/mol. The molecule has 114 valence electrons. The molecule has 1 aromatic heterocycles. The van der Waals surface area contributed by atoms with Gasteiger partial charge in [0.05, 0.1) is 13.2 Å². The van der Waals surface area contributed by atoms with Gasteiger partial charge in [-0.3, -0.25) is 4.79 Å². The molecule has 0 saturated carbocycles. The third-order valence-electron chi connectivity index (χ3n) is 2.93. The number of hydrogen-bond acceptors (Lipinski definition) is 4. The first-order valence-electron chi connectivity index (χ1n) is 7.09. The Balaban J connectivity index is 2.32. The maximum atomic E-state index is 11.8. The highest BCUT2D eigenvalue weighted by Gasteiger charge is 2.07. The summed E-state index contributed by atoms with van der Waals surface area (Å²) in [6.45, 7) is 7.40. The molecule has 0 spiro atoms. The Morgan fingerprint density at radius 1 is 1.45 bits per heavy atom. The van der Waals surface area contributed by atoms with E-state index >= 15 is 0 Å². The van der Waals surface area contributed by atoms with Crippen LogP contribution in [-0.4, -0.2) is 42.3 Å². The smallest absolute Gasteiger partial charge is 0.239 e. The van der Waals surface area contributed by atoms with Crippen LogP contribution < -0.4 is 10.6 Å². The van der Waals surface area contributed by atoms with Crippen LogP contribution in [-0.2, 0) is 22.6 Å². The highest BCUT2D eigenvalue weighted by atomic mass is 16.5. The summed E-state index contributed by atoms with van der Waals surface area (Å²) in [5.41, 5.74) is 0. The molecule has 1 heterocycles. The highest BCUT2D eigenvalue weighted by Crippen LogP contribution is 1.99. The van der Waals surface area contributed by atoms with Crippen LogP contribution in [0.4, 0.5) is 0 Å². The molecule has 20 heavy (non-hydrogen) atoms. The maximum Gasteiger partial charge on any atom is 0.239 e. The Hall–Kier alpha value is -1.40. The summed E-state index contributed by atoms with van der Waals surface area (Å²) in [4.78, 5) is 16.1. The summed E-state index contributed by atoms with van der Waals surface area (Å²) < 4.78 is 6.83. The first kappa shape index (κ1) is 16.7. The predicted octanol–water partition coefficient (Wildman–Crippen LogP) is 0.781. The van der Waals surface area contributed by atoms with Gasteiger partial charge < -0.3 is 19.9 Å². The summed E-state index contributed by atoms with van der Waals surface area (Å²) in [5, 5.41) is 6.15. The van der Waals surface area contributed by atoms with E-state index in [-0.39, 0.29) is 5.91 Å². The fourth-order valence-corrected chi connectivity index (χ4v) is 1.74. The van der Waals surface area contributed by atoms with Gasteiger partial charge in [0.15, 0.2) is 0 Å². The zero-order valence-corrected chi connectivity index (χ0v) is 12.7. The Bertz CT molecular complexity index is 390. The third-order valence-corrected chi connectivity index (χ3v) is 2.93. The lowest BCUT2D eigenvalue weighted by Gasteiger charge is -2.10. The van der Waals surface area contributed by atoms with Gasteiger partial charge in [0.1, 0.15) is 12.4 Å². The van der Waals surface area contributed by atoms with Crippen LogP contribution in [0, 0.1) is 5.92 Å². The number of amides is 1. The van der Waals surface area contributed by atoms with Crippen LogP contribution in [0.5, 0.6) is 0 Å². The van der Waals surface area contributed by atoms with Crippen molar-refractivity contribution < 1.29 is 9.53 Å². The van der Waals surface area contributed by atoms with Crippen molar-refractivity contribution in [2.75, 3.05) is 26.8 Å². The second-order valence-corrected chi connectivity index (χ2v) is 5.17. The Morgan fingerprint density at radius 2 is 2.25 bits per heavy atom. The molecule has 0 aliphatic heterocycles. The fourth-order valence-electron chi connectivity index (χ4n) is 1.74. The molecule has 0 aliphatic carbocycles.